The Bertz CT molecular complexity index is 2100. The van der Waals surface area contributed by atoms with Crippen LogP contribution in [0.2, 0.25) is 0 Å². The number of likely N-dealkylation sites (N-methyl/N-ethyl adjacent to an activating group) is 2. The average molecular weight is 1160 g/mol. The van der Waals surface area contributed by atoms with Gasteiger partial charge in [-0.3, -0.25) is 43.4 Å². The van der Waals surface area contributed by atoms with Gasteiger partial charge in [-0.15, -0.1) is 0 Å². The molecule has 8 atom stereocenters. The third-order valence-corrected chi connectivity index (χ3v) is 14.6. The quantitative estimate of drug-likeness (QED) is 0.0474. The Morgan fingerprint density at radius 2 is 1.26 bits per heavy atom. The van der Waals surface area contributed by atoms with Gasteiger partial charge in [0.1, 0.15) is 6.04 Å². The van der Waals surface area contributed by atoms with Gasteiger partial charge in [-0.1, -0.05) is 110 Å². The normalized spacial score (nSPS) is 16.5. The van der Waals surface area contributed by atoms with Crippen LogP contribution in [-0.4, -0.2) is 194 Å². The number of benzene rings is 1. The van der Waals surface area contributed by atoms with Gasteiger partial charge in [0.25, 0.3) is 21.8 Å². The van der Waals surface area contributed by atoms with E-state index in [0.29, 0.717) is 31.5 Å². The molecule has 21 nitrogen and oxygen atoms in total. The Morgan fingerprint density at radius 3 is 1.74 bits per heavy atom. The number of carbonyl (C=O) groups is 7. The summed E-state index contributed by atoms with van der Waals surface area (Å²) in [6.07, 6.45) is 2.54. The highest BCUT2D eigenvalue weighted by Gasteiger charge is 2.43. The van der Waals surface area contributed by atoms with Gasteiger partial charge in [0.2, 0.25) is 29.5 Å². The van der Waals surface area contributed by atoms with E-state index in [4.69, 9.17) is 23.7 Å². The number of hydrogen-bond donors (Lipinski definition) is 3. The summed E-state index contributed by atoms with van der Waals surface area (Å²) < 4.78 is 57.1. The van der Waals surface area contributed by atoms with Crippen molar-refractivity contribution in [1.29, 1.82) is 0 Å². The van der Waals surface area contributed by atoms with Crippen LogP contribution in [0.1, 0.15) is 140 Å². The molecule has 2 heterocycles. The number of nitrogens with one attached hydrogen (secondary N) is 3. The van der Waals surface area contributed by atoms with E-state index in [2.05, 4.69) is 15.4 Å². The maximum absolute atomic E-state index is 14.3. The molecule has 0 aromatic heterocycles. The number of likely N-dealkylation sites (tertiary alicyclic amines) is 1. The lowest BCUT2D eigenvalue weighted by molar-refractivity contribution is -0.148. The molecule has 3 N–H and O–H groups in total. The Kier molecular flexibility index (Phi) is 40.6. The zero-order valence-corrected chi connectivity index (χ0v) is 53.2. The summed E-state index contributed by atoms with van der Waals surface area (Å²) in [5.74, 6) is -4.09. The number of ether oxygens (including phenoxy) is 5. The number of nitrogens with zero attached hydrogens (tertiary/aromatic N) is 4. The van der Waals surface area contributed by atoms with E-state index in [1.165, 1.54) is 50.6 Å². The van der Waals surface area contributed by atoms with Gasteiger partial charge in [0.05, 0.1) is 100 Å². The molecule has 1 aromatic carbocycles. The molecule has 22 heteroatoms. The van der Waals surface area contributed by atoms with Gasteiger partial charge in [0.15, 0.2) is 0 Å². The maximum atomic E-state index is 14.3. The van der Waals surface area contributed by atoms with E-state index < -0.39 is 58.2 Å². The van der Waals surface area contributed by atoms with Crippen LogP contribution in [0.25, 0.3) is 0 Å². The molecule has 1 saturated heterocycles. The van der Waals surface area contributed by atoms with Crippen molar-refractivity contribution in [3.63, 3.8) is 0 Å². The lowest BCUT2D eigenvalue weighted by atomic mass is 9.89. The van der Waals surface area contributed by atoms with Crippen LogP contribution in [0.15, 0.2) is 41.3 Å². The number of amides is 7. The van der Waals surface area contributed by atoms with E-state index in [9.17, 15) is 42.0 Å². The van der Waals surface area contributed by atoms with Crippen LogP contribution in [0.5, 0.6) is 0 Å². The standard InChI is InChI=1S/C50H81N7O14S.4C2H6.3H2/c1-13-34(6)46(55(10)50(64)44(32(2)3)52-49(63)45(33(4)5)54(8)9)39(67-11)31-43(61)56-23-14-15-38(56)47(68-12)35(7)48(62)53-72(65,66)37-18-16-36(17-19-37)51-40(58)22-25-69-27-29-71-30-28-70-26-24-57-41(59)20-21-42(57)60;4*1-2;;;/h16-21,32-35,38-39,44-47H,13-15,22-31H2,1-12H3,(H,51,58)(H,52,63)(H,53,62);4*1-2H3;3*1H/t34-,35+,38-,39+,44-,45-,46-,47+;;;;;;;/m0......./s1. The summed E-state index contributed by atoms with van der Waals surface area (Å²) in [5.41, 5.74) is 0.329. The first kappa shape index (κ1) is 77.2. The van der Waals surface area contributed by atoms with Crippen molar-refractivity contribution in [2.75, 3.05) is 93.4 Å². The Balaban J connectivity index is -0.00000176. The summed E-state index contributed by atoms with van der Waals surface area (Å²) in [4.78, 5) is 97.3. The fourth-order valence-electron chi connectivity index (χ4n) is 9.15. The first-order valence-corrected chi connectivity index (χ1v) is 30.3. The molecular weight excluding hydrogens is 1050 g/mol. The SMILES string of the molecule is CC.CC.CC.CC.CC[C@H](C)[C@@H]([C@@H](CC(=O)N1CCC[C@H]1[C@H](OC)[C@@H](C)C(=O)NS(=O)(=O)c1ccc(NC(=O)CCOCCOCCOCCN2C(=O)C=CC2=O)cc1)OC)N(C)C(=O)[C@@H](NC(=O)[C@H](C(C)C)N(C)C)C(C)C.[HH].[HH].[HH]. The number of carbonyl (C=O) groups excluding carboxylic acids is 7. The van der Waals surface area contributed by atoms with Crippen molar-refractivity contribution in [1.82, 2.24) is 29.6 Å². The van der Waals surface area contributed by atoms with Crippen LogP contribution >= 0.6 is 0 Å². The topological polar surface area (TPSA) is 249 Å². The predicted octanol–water partition coefficient (Wildman–Crippen LogP) is 7.29. The third-order valence-electron chi connectivity index (χ3n) is 13.2. The molecule has 1 aromatic rings. The van der Waals surface area contributed by atoms with Crippen LogP contribution in [0.3, 0.4) is 0 Å². The van der Waals surface area contributed by atoms with E-state index in [-0.39, 0.29) is 121 Å². The molecule has 0 saturated carbocycles. The summed E-state index contributed by atoms with van der Waals surface area (Å²) in [6, 6.07) is 2.94. The lowest BCUT2D eigenvalue weighted by Crippen LogP contribution is -2.59. The summed E-state index contributed by atoms with van der Waals surface area (Å²) in [7, 11) is 3.89. The van der Waals surface area contributed by atoms with Gasteiger partial charge < -0.3 is 44.1 Å². The molecule has 468 valence electrons. The highest BCUT2D eigenvalue weighted by atomic mass is 32.2. The minimum Gasteiger partial charge on any atom is -0.379 e. The molecule has 0 bridgehead atoms. The number of sulfonamides is 1. The largest absolute Gasteiger partial charge is 0.379 e. The number of anilines is 1. The number of methoxy groups -OCH3 is 2. The molecule has 3 rings (SSSR count). The molecule has 7 amide bonds. The van der Waals surface area contributed by atoms with E-state index in [1.54, 1.807) is 23.8 Å². The van der Waals surface area contributed by atoms with Crippen molar-refractivity contribution in [2.45, 2.75) is 177 Å². The minimum atomic E-state index is -4.36. The Morgan fingerprint density at radius 1 is 0.738 bits per heavy atom. The first-order valence-electron chi connectivity index (χ1n) is 28.8. The molecular formula is C58H111N7O14S. The smallest absolute Gasteiger partial charge is 0.264 e. The Hall–Kier alpha value is -4.84. The fourth-order valence-corrected chi connectivity index (χ4v) is 10.2. The number of rotatable bonds is 32. The van der Waals surface area contributed by atoms with Crippen LogP contribution < -0.4 is 15.4 Å². The maximum Gasteiger partial charge on any atom is 0.264 e. The fraction of sp³-hybridized carbons (Fsp3) is 0.741. The second kappa shape index (κ2) is 42.0. The van der Waals surface area contributed by atoms with E-state index >= 15 is 0 Å². The molecule has 0 spiro atoms. The summed E-state index contributed by atoms with van der Waals surface area (Å²) >= 11 is 0. The monoisotopic (exact) mass is 1160 g/mol. The molecule has 0 aliphatic carbocycles. The van der Waals surface area contributed by atoms with Gasteiger partial charge >= 0.3 is 0 Å². The van der Waals surface area contributed by atoms with Crippen LogP contribution in [0.4, 0.5) is 5.69 Å². The molecule has 2 aliphatic rings. The van der Waals surface area contributed by atoms with E-state index in [0.717, 1.165) is 4.90 Å². The van der Waals surface area contributed by atoms with Crippen LogP contribution in [0, 0.1) is 23.7 Å². The Labute approximate surface area is 485 Å². The van der Waals surface area contributed by atoms with Crippen LogP contribution in [-0.2, 0) is 67.3 Å². The summed E-state index contributed by atoms with van der Waals surface area (Å²) in [5, 5.41) is 5.69. The van der Waals surface area contributed by atoms with E-state index in [1.807, 2.05) is 116 Å². The zero-order valence-electron chi connectivity index (χ0n) is 52.3. The van der Waals surface area contributed by atoms with Crippen molar-refractivity contribution in [3.8, 4) is 0 Å². The highest BCUT2D eigenvalue weighted by Crippen LogP contribution is 2.30. The molecule has 1 fully saturated rings. The molecule has 0 unspecified atom stereocenters. The second-order valence-corrected chi connectivity index (χ2v) is 20.9. The molecule has 2 aliphatic heterocycles. The number of imide groups is 1. The number of hydrogen-bond acceptors (Lipinski definition) is 15. The van der Waals surface area contributed by atoms with Gasteiger partial charge in [-0.2, -0.15) is 0 Å². The van der Waals surface area contributed by atoms with Gasteiger partial charge in [0, 0.05) is 49.9 Å². The first-order chi connectivity index (χ1) is 38.0. The predicted molar refractivity (Wildman–Crippen MR) is 320 cm³/mol. The highest BCUT2D eigenvalue weighted by molar-refractivity contribution is 7.90. The van der Waals surface area contributed by atoms with Crippen molar-refractivity contribution < 1.29 is 69.9 Å². The second-order valence-electron chi connectivity index (χ2n) is 19.3. The van der Waals surface area contributed by atoms with Crippen molar-refractivity contribution in [2.24, 2.45) is 23.7 Å². The van der Waals surface area contributed by atoms with Crippen molar-refractivity contribution >= 4 is 57.1 Å². The van der Waals surface area contributed by atoms with Gasteiger partial charge in [-0.05, 0) is 69.0 Å². The zero-order chi connectivity index (χ0) is 61.9. The van der Waals surface area contributed by atoms with Crippen molar-refractivity contribution in [3.05, 3.63) is 36.4 Å². The third kappa shape index (κ3) is 25.1. The van der Waals surface area contributed by atoms with Gasteiger partial charge in [-0.25, -0.2) is 13.1 Å². The minimum absolute atomic E-state index is 0. The average Bonchev–Trinajstić information content (AvgIpc) is 4.06. The lowest BCUT2D eigenvalue weighted by Gasteiger charge is -2.41. The molecule has 0 radical (unpaired) electrons. The molecule has 80 heavy (non-hydrogen) atoms. The summed E-state index contributed by atoms with van der Waals surface area (Å²) in [6.45, 7) is 31.0.